The van der Waals surface area contributed by atoms with E-state index in [2.05, 4.69) is 29.0 Å². The maximum Gasteiger partial charge on any atom is 0.251 e. The fourth-order valence-corrected chi connectivity index (χ4v) is 3.01. The lowest BCUT2D eigenvalue weighted by molar-refractivity contribution is -0.115. The van der Waals surface area contributed by atoms with Gasteiger partial charge in [-0.1, -0.05) is 31.1 Å². The second kappa shape index (κ2) is 11.5. The first kappa shape index (κ1) is 20.2. The summed E-state index contributed by atoms with van der Waals surface area (Å²) in [6.07, 6.45) is 10.3. The maximum absolute atomic E-state index is 12.1. The number of hydrogen-bond donors (Lipinski definition) is 3. The fraction of sp³-hybridized carbons (Fsp3) is 0.524. The van der Waals surface area contributed by atoms with Crippen LogP contribution in [0, 0.1) is 0 Å². The van der Waals surface area contributed by atoms with Crippen molar-refractivity contribution in [3.63, 3.8) is 0 Å². The second-order valence-corrected chi connectivity index (χ2v) is 6.77. The van der Waals surface area contributed by atoms with E-state index in [9.17, 15) is 9.59 Å². The molecule has 1 aliphatic carbocycles. The topological polar surface area (TPSA) is 70.2 Å². The summed E-state index contributed by atoms with van der Waals surface area (Å²) in [7, 11) is 0. The molecule has 0 unspecified atom stereocenters. The van der Waals surface area contributed by atoms with Crippen molar-refractivity contribution in [3.8, 4) is 0 Å². The number of nitrogens with one attached hydrogen (secondary N) is 3. The Bertz CT molecular complexity index is 625. The summed E-state index contributed by atoms with van der Waals surface area (Å²) in [5.41, 5.74) is 2.72. The lowest BCUT2D eigenvalue weighted by Gasteiger charge is -2.13. The van der Waals surface area contributed by atoms with Crippen molar-refractivity contribution in [1.82, 2.24) is 10.6 Å². The molecule has 5 heteroatoms. The molecule has 0 radical (unpaired) electrons. The van der Waals surface area contributed by atoms with Crippen molar-refractivity contribution in [1.29, 1.82) is 0 Å². The van der Waals surface area contributed by atoms with Crippen LogP contribution < -0.4 is 16.0 Å². The van der Waals surface area contributed by atoms with Crippen LogP contribution in [0.25, 0.3) is 0 Å². The number of unbranched alkanes of at least 4 members (excludes halogenated alkanes) is 1. The van der Waals surface area contributed by atoms with Gasteiger partial charge in [0.05, 0.1) is 6.54 Å². The van der Waals surface area contributed by atoms with Gasteiger partial charge in [-0.05, 0) is 63.3 Å². The normalized spacial score (nSPS) is 13.8. The van der Waals surface area contributed by atoms with E-state index in [0.717, 1.165) is 25.8 Å². The molecule has 0 spiro atoms. The number of anilines is 1. The van der Waals surface area contributed by atoms with Gasteiger partial charge in [-0.2, -0.15) is 0 Å². The third-order valence-electron chi connectivity index (χ3n) is 4.52. The molecule has 2 amide bonds. The lowest BCUT2D eigenvalue weighted by Crippen LogP contribution is -2.29. The molecule has 26 heavy (non-hydrogen) atoms. The van der Waals surface area contributed by atoms with E-state index >= 15 is 0 Å². The van der Waals surface area contributed by atoms with E-state index in [-0.39, 0.29) is 18.4 Å². The Morgan fingerprint density at radius 3 is 2.81 bits per heavy atom. The number of hydrogen-bond acceptors (Lipinski definition) is 3. The Kier molecular flexibility index (Phi) is 8.90. The number of allylic oxidation sites excluding steroid dienone is 1. The molecule has 1 aromatic rings. The molecule has 0 heterocycles. The van der Waals surface area contributed by atoms with E-state index in [0.29, 0.717) is 17.8 Å². The number of rotatable bonds is 10. The van der Waals surface area contributed by atoms with Crippen LogP contribution in [-0.2, 0) is 4.79 Å². The van der Waals surface area contributed by atoms with Crippen LogP contribution in [0.4, 0.5) is 5.69 Å². The van der Waals surface area contributed by atoms with Gasteiger partial charge in [-0.15, -0.1) is 0 Å². The van der Waals surface area contributed by atoms with Crippen molar-refractivity contribution >= 4 is 17.5 Å². The lowest BCUT2D eigenvalue weighted by atomic mass is 9.97. The third kappa shape index (κ3) is 7.40. The molecule has 3 N–H and O–H groups in total. The molecule has 5 nitrogen and oxygen atoms in total. The van der Waals surface area contributed by atoms with E-state index in [1.54, 1.807) is 24.3 Å². The predicted molar refractivity (Wildman–Crippen MR) is 106 cm³/mol. The summed E-state index contributed by atoms with van der Waals surface area (Å²) in [6.45, 7) is 3.86. The van der Waals surface area contributed by atoms with Crippen LogP contribution in [-0.4, -0.2) is 31.4 Å². The highest BCUT2D eigenvalue weighted by molar-refractivity contribution is 5.97. The Morgan fingerprint density at radius 2 is 2.04 bits per heavy atom. The van der Waals surface area contributed by atoms with Crippen LogP contribution in [0.5, 0.6) is 0 Å². The van der Waals surface area contributed by atoms with Gasteiger partial charge in [0.25, 0.3) is 5.91 Å². The first-order valence-corrected chi connectivity index (χ1v) is 9.75. The molecule has 0 saturated carbocycles. The number of amides is 2. The van der Waals surface area contributed by atoms with Gasteiger partial charge < -0.3 is 16.0 Å². The SMILES string of the molecule is CCCCNC(=O)c1cccc(NC(=O)CNCCC2=CCCCC2)c1. The summed E-state index contributed by atoms with van der Waals surface area (Å²) in [5, 5.41) is 8.92. The van der Waals surface area contributed by atoms with Crippen LogP contribution >= 0.6 is 0 Å². The van der Waals surface area contributed by atoms with E-state index in [1.165, 1.54) is 31.3 Å². The van der Waals surface area contributed by atoms with Gasteiger partial charge in [-0.25, -0.2) is 0 Å². The zero-order chi connectivity index (χ0) is 18.6. The molecular weight excluding hydrogens is 326 g/mol. The second-order valence-electron chi connectivity index (χ2n) is 6.77. The van der Waals surface area contributed by atoms with Gasteiger partial charge in [0, 0.05) is 17.8 Å². The Morgan fingerprint density at radius 1 is 1.15 bits per heavy atom. The van der Waals surface area contributed by atoms with Crippen molar-refractivity contribution in [3.05, 3.63) is 41.5 Å². The largest absolute Gasteiger partial charge is 0.352 e. The Labute approximate surface area is 156 Å². The zero-order valence-electron chi connectivity index (χ0n) is 15.8. The first-order chi connectivity index (χ1) is 12.7. The quantitative estimate of drug-likeness (QED) is 0.442. The number of carbonyl (C=O) groups excluding carboxylic acids is 2. The van der Waals surface area contributed by atoms with Gasteiger partial charge >= 0.3 is 0 Å². The fourth-order valence-electron chi connectivity index (χ4n) is 3.01. The van der Waals surface area contributed by atoms with Gasteiger partial charge in [0.15, 0.2) is 0 Å². The summed E-state index contributed by atoms with van der Waals surface area (Å²) in [5.74, 6) is -0.195. The number of carbonyl (C=O) groups is 2. The van der Waals surface area contributed by atoms with Crippen molar-refractivity contribution < 1.29 is 9.59 Å². The average molecular weight is 357 g/mol. The maximum atomic E-state index is 12.1. The van der Waals surface area contributed by atoms with Crippen molar-refractivity contribution in [2.45, 2.75) is 51.9 Å². The summed E-state index contributed by atoms with van der Waals surface area (Å²) in [6, 6.07) is 7.06. The van der Waals surface area contributed by atoms with E-state index in [1.807, 2.05) is 0 Å². The van der Waals surface area contributed by atoms with Crippen LogP contribution in [0.2, 0.25) is 0 Å². The first-order valence-electron chi connectivity index (χ1n) is 9.75. The Hall–Kier alpha value is -2.14. The highest BCUT2D eigenvalue weighted by Gasteiger charge is 2.08. The van der Waals surface area contributed by atoms with Crippen molar-refractivity contribution in [2.24, 2.45) is 0 Å². The minimum atomic E-state index is -0.103. The molecule has 0 fully saturated rings. The molecule has 0 aromatic heterocycles. The molecule has 1 aromatic carbocycles. The highest BCUT2D eigenvalue weighted by atomic mass is 16.2. The van der Waals surface area contributed by atoms with Gasteiger partial charge in [-0.3, -0.25) is 9.59 Å². The zero-order valence-corrected chi connectivity index (χ0v) is 15.8. The van der Waals surface area contributed by atoms with E-state index < -0.39 is 0 Å². The molecule has 1 aliphatic rings. The molecule has 0 bridgehead atoms. The molecule has 0 aliphatic heterocycles. The monoisotopic (exact) mass is 357 g/mol. The summed E-state index contributed by atoms with van der Waals surface area (Å²) < 4.78 is 0. The van der Waals surface area contributed by atoms with Gasteiger partial charge in [0.1, 0.15) is 0 Å². The van der Waals surface area contributed by atoms with Crippen LogP contribution in [0.1, 0.15) is 62.2 Å². The highest BCUT2D eigenvalue weighted by Crippen LogP contribution is 2.19. The molecule has 0 atom stereocenters. The van der Waals surface area contributed by atoms with E-state index in [4.69, 9.17) is 0 Å². The third-order valence-corrected chi connectivity index (χ3v) is 4.52. The smallest absolute Gasteiger partial charge is 0.251 e. The minimum absolute atomic E-state index is 0.0915. The summed E-state index contributed by atoms with van der Waals surface area (Å²) in [4.78, 5) is 24.1. The standard InChI is InChI=1S/C21H31N3O2/c1-2-3-13-23-21(26)18-10-7-11-19(15-18)24-20(25)16-22-14-12-17-8-5-4-6-9-17/h7-8,10-11,15,22H,2-6,9,12-14,16H2,1H3,(H,23,26)(H,24,25). The van der Waals surface area contributed by atoms with Crippen molar-refractivity contribution in [2.75, 3.05) is 25.0 Å². The predicted octanol–water partition coefficient (Wildman–Crippen LogP) is 3.64. The van der Waals surface area contributed by atoms with Crippen LogP contribution in [0.3, 0.4) is 0 Å². The molecule has 0 saturated heterocycles. The minimum Gasteiger partial charge on any atom is -0.352 e. The average Bonchev–Trinajstić information content (AvgIpc) is 2.66. The molecule has 2 rings (SSSR count). The number of benzene rings is 1. The van der Waals surface area contributed by atoms with Crippen LogP contribution in [0.15, 0.2) is 35.9 Å². The Balaban J connectivity index is 1.71. The summed E-state index contributed by atoms with van der Waals surface area (Å²) >= 11 is 0. The molecular formula is C21H31N3O2. The van der Waals surface area contributed by atoms with Gasteiger partial charge in [0.2, 0.25) is 5.91 Å². The molecule has 142 valence electrons.